The molecule has 0 atom stereocenters. The molecule has 2 amide bonds. The van der Waals surface area contributed by atoms with Gasteiger partial charge in [-0.25, -0.2) is 14.5 Å². The third-order valence-corrected chi connectivity index (χ3v) is 8.60. The van der Waals surface area contributed by atoms with Gasteiger partial charge in [0.25, 0.3) is 0 Å². The van der Waals surface area contributed by atoms with Crippen molar-refractivity contribution in [2.45, 2.75) is 51.8 Å². The lowest BCUT2D eigenvalue weighted by molar-refractivity contribution is -0.274. The normalized spacial score (nSPS) is 14.4. The van der Waals surface area contributed by atoms with E-state index in [0.717, 1.165) is 66.1 Å². The van der Waals surface area contributed by atoms with E-state index in [1.807, 2.05) is 36.4 Å². The van der Waals surface area contributed by atoms with Gasteiger partial charge in [0.1, 0.15) is 17.8 Å². The first-order valence-electron chi connectivity index (χ1n) is 15.4. The Morgan fingerprint density at radius 1 is 1.04 bits per heavy atom. The number of hydrogen-bond donors (Lipinski definition) is 1. The molecule has 0 aliphatic carbocycles. The summed E-state index contributed by atoms with van der Waals surface area (Å²) in [5.41, 5.74) is 4.74. The predicted molar refractivity (Wildman–Crippen MR) is 179 cm³/mol. The largest absolute Gasteiger partial charge is 0.573 e. The van der Waals surface area contributed by atoms with Gasteiger partial charge in [-0.15, -0.1) is 18.3 Å². The summed E-state index contributed by atoms with van der Waals surface area (Å²) < 4.78 is 48.1. The molecule has 1 aliphatic heterocycles. The fraction of sp³-hybridized carbons (Fsp3) is 0.353. The van der Waals surface area contributed by atoms with E-state index in [0.29, 0.717) is 23.2 Å². The first kappa shape index (κ1) is 33.8. The van der Waals surface area contributed by atoms with Crippen molar-refractivity contribution >= 4 is 28.6 Å². The number of aromatic nitrogens is 3. The number of halogens is 3. The Kier molecular flexibility index (Phi) is 11.1. The summed E-state index contributed by atoms with van der Waals surface area (Å²) >= 11 is 1.60. The van der Waals surface area contributed by atoms with E-state index < -0.39 is 6.36 Å². The van der Waals surface area contributed by atoms with Crippen LogP contribution in [-0.4, -0.2) is 58.3 Å². The van der Waals surface area contributed by atoms with Crippen molar-refractivity contribution in [2.24, 2.45) is 4.99 Å². The number of benzene rings is 3. The van der Waals surface area contributed by atoms with Crippen molar-refractivity contribution in [1.82, 2.24) is 20.1 Å². The highest BCUT2D eigenvalue weighted by atomic mass is 32.2. The van der Waals surface area contributed by atoms with Gasteiger partial charge in [0.15, 0.2) is 11.0 Å². The monoisotopic (exact) mass is 666 g/mol. The van der Waals surface area contributed by atoms with Crippen molar-refractivity contribution in [1.29, 1.82) is 0 Å². The summed E-state index contributed by atoms with van der Waals surface area (Å²) in [6.07, 6.45) is 0.322. The van der Waals surface area contributed by atoms with Crippen LogP contribution in [-0.2, 0) is 6.42 Å². The number of methoxy groups -OCH3 is 1. The number of ether oxygens (including phenoxy) is 2. The lowest BCUT2D eigenvalue weighted by Gasteiger charge is -2.32. The molecular weight excluding hydrogens is 629 g/mol. The summed E-state index contributed by atoms with van der Waals surface area (Å²) in [6, 6.07) is 19.0. The molecule has 0 spiro atoms. The third kappa shape index (κ3) is 9.28. The minimum absolute atomic E-state index is 0.290. The number of carbonyl (C=O) groups excluding carboxylic acids is 1. The number of alkyl halides is 3. The van der Waals surface area contributed by atoms with Crippen LogP contribution in [0.15, 0.2) is 78.0 Å². The second kappa shape index (κ2) is 15.4. The number of unbranched alkanes of at least 4 members (excludes halogenated alkanes) is 1. The number of urea groups is 1. The van der Waals surface area contributed by atoms with Crippen molar-refractivity contribution in [2.75, 3.05) is 30.9 Å². The fourth-order valence-corrected chi connectivity index (χ4v) is 6.11. The van der Waals surface area contributed by atoms with Gasteiger partial charge in [0, 0.05) is 30.1 Å². The summed E-state index contributed by atoms with van der Waals surface area (Å²) in [5.74, 6) is 2.22. The van der Waals surface area contributed by atoms with Crippen LogP contribution in [0.25, 0.3) is 17.1 Å². The van der Waals surface area contributed by atoms with Crippen LogP contribution in [0.4, 0.5) is 23.7 Å². The number of nitrogens with one attached hydrogen (secondary N) is 1. The summed E-state index contributed by atoms with van der Waals surface area (Å²) in [5, 5.41) is 8.11. The summed E-state index contributed by atoms with van der Waals surface area (Å²) in [4.78, 5) is 23.7. The number of aryl methyl sites for hydroxylation is 1. The summed E-state index contributed by atoms with van der Waals surface area (Å²) in [6.45, 7) is 5.63. The van der Waals surface area contributed by atoms with E-state index in [9.17, 15) is 18.0 Å². The van der Waals surface area contributed by atoms with Crippen LogP contribution in [0.1, 0.15) is 50.2 Å². The zero-order chi connectivity index (χ0) is 33.4. The van der Waals surface area contributed by atoms with E-state index in [1.54, 1.807) is 18.9 Å². The number of nitrogens with zero attached hydrogens (tertiary/aromatic N) is 5. The molecule has 0 unspecified atom stereocenters. The molecule has 0 bridgehead atoms. The van der Waals surface area contributed by atoms with Gasteiger partial charge >= 0.3 is 12.4 Å². The highest BCUT2D eigenvalue weighted by molar-refractivity contribution is 8.14. The lowest BCUT2D eigenvalue weighted by Crippen LogP contribution is -2.36. The molecule has 1 aliphatic rings. The molecule has 2 heterocycles. The Morgan fingerprint density at radius 3 is 2.49 bits per heavy atom. The Balaban J connectivity index is 1.09. The van der Waals surface area contributed by atoms with E-state index in [2.05, 4.69) is 49.9 Å². The number of amidine groups is 1. The van der Waals surface area contributed by atoms with E-state index in [-0.39, 0.29) is 17.7 Å². The molecule has 13 heteroatoms. The number of rotatable bonds is 11. The maximum Gasteiger partial charge on any atom is 0.573 e. The molecule has 248 valence electrons. The standard InChI is InChI=1S/C34H37F3N6O3S/c1-23(2)29-21-28(45-3)16-17-30(29)42-19-6-20-47-33(42)40-32(44)38-18-5-4-7-24-8-10-25(11-9-24)31-39-22-43(41-31)26-12-14-27(15-13-26)46-34(35,36)37/h8-17,21-23H,4-7,18-20H2,1-3H3,(H,38,44)/b40-33-. The van der Waals surface area contributed by atoms with Crippen LogP contribution in [0.2, 0.25) is 0 Å². The van der Waals surface area contributed by atoms with Crippen molar-refractivity contribution in [3.8, 4) is 28.6 Å². The van der Waals surface area contributed by atoms with Gasteiger partial charge in [-0.05, 0) is 85.2 Å². The zero-order valence-corrected chi connectivity index (χ0v) is 27.3. The summed E-state index contributed by atoms with van der Waals surface area (Å²) in [7, 11) is 1.66. The van der Waals surface area contributed by atoms with Crippen molar-refractivity contribution in [3.05, 3.63) is 84.2 Å². The number of aliphatic imine (C=N–C) groups is 1. The Morgan fingerprint density at radius 2 is 1.79 bits per heavy atom. The smallest absolute Gasteiger partial charge is 0.497 e. The number of amides is 2. The number of thioether (sulfide) groups is 1. The van der Waals surface area contributed by atoms with Crippen LogP contribution in [0.5, 0.6) is 11.5 Å². The molecular formula is C34H37F3N6O3S. The molecule has 0 saturated carbocycles. The zero-order valence-electron chi connectivity index (χ0n) is 26.5. The van der Waals surface area contributed by atoms with E-state index in [1.165, 1.54) is 35.3 Å². The third-order valence-electron chi connectivity index (χ3n) is 7.54. The Labute approximate surface area is 276 Å². The number of anilines is 1. The maximum atomic E-state index is 12.8. The molecule has 3 aromatic carbocycles. The molecule has 5 rings (SSSR count). The lowest BCUT2D eigenvalue weighted by atomic mass is 10.00. The Bertz CT molecular complexity index is 1670. The SMILES string of the molecule is COc1ccc(N2CCCS/C2=N\C(=O)NCCCCc2ccc(-c3ncn(-c4ccc(OC(F)(F)F)cc4)n3)cc2)c(C(C)C)c1. The highest BCUT2D eigenvalue weighted by Gasteiger charge is 2.31. The molecule has 1 saturated heterocycles. The average molecular weight is 667 g/mol. The minimum Gasteiger partial charge on any atom is -0.497 e. The van der Waals surface area contributed by atoms with Crippen LogP contribution in [0.3, 0.4) is 0 Å². The van der Waals surface area contributed by atoms with Crippen molar-refractivity contribution < 1.29 is 27.4 Å². The molecule has 47 heavy (non-hydrogen) atoms. The predicted octanol–water partition coefficient (Wildman–Crippen LogP) is 8.00. The second-order valence-electron chi connectivity index (χ2n) is 11.3. The number of hydrogen-bond acceptors (Lipinski definition) is 6. The quantitative estimate of drug-likeness (QED) is 0.162. The first-order chi connectivity index (χ1) is 22.6. The maximum absolute atomic E-state index is 12.8. The Hall–Kier alpha value is -4.52. The molecule has 1 aromatic heterocycles. The second-order valence-corrected chi connectivity index (χ2v) is 12.3. The van der Waals surface area contributed by atoms with Crippen LogP contribution < -0.4 is 19.7 Å². The molecule has 9 nitrogen and oxygen atoms in total. The molecule has 1 fully saturated rings. The van der Waals surface area contributed by atoms with Crippen molar-refractivity contribution in [3.63, 3.8) is 0 Å². The van der Waals surface area contributed by atoms with Crippen LogP contribution >= 0.6 is 11.8 Å². The van der Waals surface area contributed by atoms with E-state index in [4.69, 9.17) is 4.74 Å². The van der Waals surface area contributed by atoms with Gasteiger partial charge in [-0.3, -0.25) is 0 Å². The van der Waals surface area contributed by atoms with Gasteiger partial charge < -0.3 is 19.7 Å². The van der Waals surface area contributed by atoms with Gasteiger partial charge in [-0.2, -0.15) is 4.99 Å². The fourth-order valence-electron chi connectivity index (χ4n) is 5.16. The van der Waals surface area contributed by atoms with Gasteiger partial charge in [-0.1, -0.05) is 49.9 Å². The molecule has 1 N–H and O–H groups in total. The van der Waals surface area contributed by atoms with E-state index >= 15 is 0 Å². The van der Waals surface area contributed by atoms with Gasteiger partial charge in [0.05, 0.1) is 12.8 Å². The average Bonchev–Trinajstić information content (AvgIpc) is 3.55. The number of carbonyl (C=O) groups is 1. The van der Waals surface area contributed by atoms with Gasteiger partial charge in [0.2, 0.25) is 0 Å². The minimum atomic E-state index is -4.74. The highest BCUT2D eigenvalue weighted by Crippen LogP contribution is 2.34. The molecule has 4 aromatic rings. The first-order valence-corrected chi connectivity index (χ1v) is 16.4. The molecule has 0 radical (unpaired) electrons. The topological polar surface area (TPSA) is 93.9 Å². The van der Waals surface area contributed by atoms with Crippen LogP contribution in [0, 0.1) is 0 Å².